The minimum absolute atomic E-state index is 0.00370. The molecular weight excluding hydrogens is 419 g/mol. The molecule has 4 rings (SSSR count). The molecule has 2 aliphatic rings. The van der Waals surface area contributed by atoms with Crippen LogP contribution in [-0.4, -0.2) is 28.5 Å². The number of carbonyl (C=O) groups excluding carboxylic acids is 1. The lowest BCUT2D eigenvalue weighted by atomic mass is 9.94. The maximum Gasteiger partial charge on any atom is 0.418 e. The first-order valence-electron chi connectivity index (χ1n) is 9.63. The predicted octanol–water partition coefficient (Wildman–Crippen LogP) is 3.73. The van der Waals surface area contributed by atoms with Crippen molar-refractivity contribution in [3.8, 4) is 0 Å². The Kier molecular flexibility index (Phi) is 5.08. The highest BCUT2D eigenvalue weighted by atomic mass is 35.5. The van der Waals surface area contributed by atoms with Crippen LogP contribution in [0, 0.1) is 12.8 Å². The molecule has 1 aromatic carbocycles. The van der Waals surface area contributed by atoms with E-state index >= 15 is 0 Å². The van der Waals surface area contributed by atoms with Gasteiger partial charge in [0.05, 0.1) is 12.1 Å². The van der Waals surface area contributed by atoms with Gasteiger partial charge in [-0.2, -0.15) is 13.2 Å². The second kappa shape index (κ2) is 7.34. The smallest absolute Gasteiger partial charge is 0.370 e. The number of para-hydroxylation sites is 1. The van der Waals surface area contributed by atoms with E-state index in [2.05, 4.69) is 0 Å². The van der Waals surface area contributed by atoms with Crippen LogP contribution in [0.3, 0.4) is 0 Å². The highest BCUT2D eigenvalue weighted by Crippen LogP contribution is 2.39. The Morgan fingerprint density at radius 1 is 1.20 bits per heavy atom. The molecule has 0 aliphatic carbocycles. The van der Waals surface area contributed by atoms with Crippen LogP contribution in [-0.2, 0) is 31.1 Å². The second-order valence-electron chi connectivity index (χ2n) is 7.97. The zero-order valence-electron chi connectivity index (χ0n) is 16.6. The van der Waals surface area contributed by atoms with Gasteiger partial charge in [-0.25, -0.2) is 0 Å². The number of hydrogen-bond acceptors (Lipinski definition) is 3. The van der Waals surface area contributed by atoms with E-state index in [4.69, 9.17) is 11.6 Å². The Balaban J connectivity index is 1.40. The van der Waals surface area contributed by atoms with Crippen molar-refractivity contribution >= 4 is 23.2 Å². The monoisotopic (exact) mass is 439 g/mol. The Labute approximate surface area is 176 Å². The molecule has 9 heteroatoms. The highest BCUT2D eigenvalue weighted by molar-refractivity contribution is 6.31. The van der Waals surface area contributed by atoms with E-state index in [1.165, 1.54) is 16.7 Å². The largest absolute Gasteiger partial charge is 0.418 e. The van der Waals surface area contributed by atoms with E-state index in [0.29, 0.717) is 31.7 Å². The SMILES string of the molecule is Cc1c2c(n(C)c(=O)c1Cl)CN(C(=O)CC1CN(c3ccccc3C(F)(F)F)C1)C2. The van der Waals surface area contributed by atoms with Gasteiger partial charge in [-0.15, -0.1) is 0 Å². The number of rotatable bonds is 3. The molecule has 5 nitrogen and oxygen atoms in total. The minimum atomic E-state index is -4.41. The van der Waals surface area contributed by atoms with E-state index in [9.17, 15) is 22.8 Å². The molecule has 160 valence electrons. The van der Waals surface area contributed by atoms with Crippen molar-refractivity contribution in [1.29, 1.82) is 0 Å². The van der Waals surface area contributed by atoms with Crippen molar-refractivity contribution in [3.63, 3.8) is 0 Å². The number of pyridine rings is 1. The van der Waals surface area contributed by atoms with Crippen LogP contribution in [0.2, 0.25) is 5.02 Å². The molecule has 2 aliphatic heterocycles. The maximum atomic E-state index is 13.2. The molecule has 0 spiro atoms. The van der Waals surface area contributed by atoms with Crippen LogP contribution in [0.4, 0.5) is 18.9 Å². The molecule has 1 saturated heterocycles. The van der Waals surface area contributed by atoms with Gasteiger partial charge < -0.3 is 14.4 Å². The fourth-order valence-corrected chi connectivity index (χ4v) is 4.50. The van der Waals surface area contributed by atoms with Gasteiger partial charge in [-0.05, 0) is 30.2 Å². The second-order valence-corrected chi connectivity index (χ2v) is 8.35. The van der Waals surface area contributed by atoms with Gasteiger partial charge in [0.2, 0.25) is 5.91 Å². The van der Waals surface area contributed by atoms with Crippen molar-refractivity contribution in [2.45, 2.75) is 32.6 Å². The molecule has 3 heterocycles. The molecule has 0 unspecified atom stereocenters. The number of benzene rings is 1. The zero-order chi connectivity index (χ0) is 21.8. The number of hydrogen-bond donors (Lipinski definition) is 0. The van der Waals surface area contributed by atoms with Crippen LogP contribution in [0.1, 0.15) is 28.8 Å². The summed E-state index contributed by atoms with van der Waals surface area (Å²) in [4.78, 5) is 28.3. The zero-order valence-corrected chi connectivity index (χ0v) is 17.3. The van der Waals surface area contributed by atoms with Gasteiger partial charge in [-0.1, -0.05) is 23.7 Å². The predicted molar refractivity (Wildman–Crippen MR) is 107 cm³/mol. The summed E-state index contributed by atoms with van der Waals surface area (Å²) >= 11 is 6.11. The van der Waals surface area contributed by atoms with E-state index in [-0.39, 0.29) is 34.5 Å². The lowest BCUT2D eigenvalue weighted by Gasteiger charge is -2.42. The molecular formula is C21H21ClF3N3O2. The lowest BCUT2D eigenvalue weighted by Crippen LogP contribution is -2.49. The van der Waals surface area contributed by atoms with Gasteiger partial charge >= 0.3 is 6.18 Å². The normalized spacial score (nSPS) is 16.6. The number of anilines is 1. The Hall–Kier alpha value is -2.48. The van der Waals surface area contributed by atoms with Crippen LogP contribution in [0.5, 0.6) is 0 Å². The van der Waals surface area contributed by atoms with Crippen molar-refractivity contribution < 1.29 is 18.0 Å². The molecule has 1 aromatic heterocycles. The fraction of sp³-hybridized carbons (Fsp3) is 0.429. The summed E-state index contributed by atoms with van der Waals surface area (Å²) in [6.07, 6.45) is -4.15. The topological polar surface area (TPSA) is 45.6 Å². The van der Waals surface area contributed by atoms with E-state index < -0.39 is 11.7 Å². The average Bonchev–Trinajstić information content (AvgIpc) is 3.12. The molecule has 0 atom stereocenters. The van der Waals surface area contributed by atoms with Gasteiger partial charge in [0.25, 0.3) is 5.56 Å². The highest BCUT2D eigenvalue weighted by Gasteiger charge is 2.39. The van der Waals surface area contributed by atoms with Gasteiger partial charge in [0, 0.05) is 50.4 Å². The molecule has 0 saturated carbocycles. The first kappa shape index (κ1) is 20.8. The summed E-state index contributed by atoms with van der Waals surface area (Å²) in [5.41, 5.74) is 1.60. The Morgan fingerprint density at radius 3 is 2.53 bits per heavy atom. The Bertz CT molecular complexity index is 1070. The Morgan fingerprint density at radius 2 is 1.87 bits per heavy atom. The van der Waals surface area contributed by atoms with E-state index in [1.54, 1.807) is 29.8 Å². The fourth-order valence-electron chi connectivity index (χ4n) is 4.26. The van der Waals surface area contributed by atoms with E-state index in [0.717, 1.165) is 17.3 Å². The summed E-state index contributed by atoms with van der Waals surface area (Å²) in [5.74, 6) is -0.0704. The molecule has 0 bridgehead atoms. The van der Waals surface area contributed by atoms with Crippen LogP contribution < -0.4 is 10.5 Å². The van der Waals surface area contributed by atoms with Crippen LogP contribution in [0.15, 0.2) is 29.1 Å². The third-order valence-electron chi connectivity index (χ3n) is 6.04. The molecule has 1 amide bonds. The van der Waals surface area contributed by atoms with Crippen molar-refractivity contribution in [2.24, 2.45) is 13.0 Å². The standard InChI is InChI=1S/C21H21ClF3N3O2/c1-12-14-10-28(11-17(14)26(2)20(30)19(12)22)18(29)7-13-8-27(9-13)16-6-4-3-5-15(16)21(23,24)25/h3-6,13H,7-11H2,1-2H3. The molecule has 1 fully saturated rings. The number of halogens is 4. The van der Waals surface area contributed by atoms with E-state index in [1.807, 2.05) is 0 Å². The lowest BCUT2D eigenvalue weighted by molar-refractivity contribution is -0.137. The third-order valence-corrected chi connectivity index (χ3v) is 6.49. The molecule has 30 heavy (non-hydrogen) atoms. The third kappa shape index (κ3) is 3.47. The number of amides is 1. The van der Waals surface area contributed by atoms with Gasteiger partial charge in [0.1, 0.15) is 5.02 Å². The summed E-state index contributed by atoms with van der Waals surface area (Å²) in [7, 11) is 1.64. The maximum absolute atomic E-state index is 13.2. The minimum Gasteiger partial charge on any atom is -0.370 e. The van der Waals surface area contributed by atoms with Crippen LogP contribution >= 0.6 is 11.6 Å². The summed E-state index contributed by atoms with van der Waals surface area (Å²) < 4.78 is 41.1. The molecule has 0 radical (unpaired) electrons. The van der Waals surface area contributed by atoms with Crippen molar-refractivity contribution in [3.05, 3.63) is 62.0 Å². The quantitative estimate of drug-likeness (QED) is 0.732. The van der Waals surface area contributed by atoms with Crippen molar-refractivity contribution in [2.75, 3.05) is 18.0 Å². The molecule has 0 N–H and O–H groups in total. The van der Waals surface area contributed by atoms with Gasteiger partial charge in [0.15, 0.2) is 0 Å². The number of nitrogens with zero attached hydrogens (tertiary/aromatic N) is 3. The first-order chi connectivity index (χ1) is 14.1. The average molecular weight is 440 g/mol. The summed E-state index contributed by atoms with van der Waals surface area (Å²) in [6.45, 7) is 3.32. The van der Waals surface area contributed by atoms with Crippen LogP contribution in [0.25, 0.3) is 0 Å². The number of alkyl halides is 3. The summed E-state index contributed by atoms with van der Waals surface area (Å²) in [5, 5.41) is 0.170. The number of carbonyl (C=O) groups is 1. The van der Waals surface area contributed by atoms with Gasteiger partial charge in [-0.3, -0.25) is 9.59 Å². The number of aromatic nitrogens is 1. The first-order valence-corrected chi connectivity index (χ1v) is 10.0. The molecule has 2 aromatic rings. The number of fused-ring (bicyclic) bond motifs is 1. The summed E-state index contributed by atoms with van der Waals surface area (Å²) in [6, 6.07) is 5.50. The van der Waals surface area contributed by atoms with Crippen molar-refractivity contribution in [1.82, 2.24) is 9.47 Å².